The molecule has 0 aromatic carbocycles. The Morgan fingerprint density at radius 3 is 2.74 bits per heavy atom. The van der Waals surface area contributed by atoms with Gasteiger partial charge < -0.3 is 9.67 Å². The van der Waals surface area contributed by atoms with Crippen LogP contribution >= 0.6 is 0 Å². The molecule has 108 valence electrons. The van der Waals surface area contributed by atoms with Crippen LogP contribution in [0.3, 0.4) is 0 Å². The standard InChI is InChI=1S/C16H28N2O/c1-5-15-17-9-10-18(15)14-11-12(19)7-8-13(14)16(3,4)6-2/h9-10,12-14,19H,5-8,11H2,1-4H3. The fourth-order valence-corrected chi connectivity index (χ4v) is 3.53. The molecule has 2 rings (SSSR count). The van der Waals surface area contributed by atoms with E-state index < -0.39 is 0 Å². The molecule has 19 heavy (non-hydrogen) atoms. The summed E-state index contributed by atoms with van der Waals surface area (Å²) in [6.45, 7) is 9.16. The van der Waals surface area contributed by atoms with Gasteiger partial charge in [0, 0.05) is 24.9 Å². The maximum absolute atomic E-state index is 10.1. The van der Waals surface area contributed by atoms with Gasteiger partial charge in [0.2, 0.25) is 0 Å². The van der Waals surface area contributed by atoms with Crippen LogP contribution in [0, 0.1) is 11.3 Å². The van der Waals surface area contributed by atoms with Gasteiger partial charge in [-0.2, -0.15) is 0 Å². The molecule has 1 aromatic rings. The summed E-state index contributed by atoms with van der Waals surface area (Å²) in [4.78, 5) is 4.46. The van der Waals surface area contributed by atoms with Crippen LogP contribution in [0.5, 0.6) is 0 Å². The summed E-state index contributed by atoms with van der Waals surface area (Å²) in [6, 6.07) is 0.399. The number of aromatic nitrogens is 2. The van der Waals surface area contributed by atoms with Crippen molar-refractivity contribution in [2.45, 2.75) is 71.9 Å². The smallest absolute Gasteiger partial charge is 0.108 e. The number of nitrogens with zero attached hydrogens (tertiary/aromatic N) is 2. The fourth-order valence-electron chi connectivity index (χ4n) is 3.53. The van der Waals surface area contributed by atoms with E-state index in [9.17, 15) is 5.11 Å². The lowest BCUT2D eigenvalue weighted by molar-refractivity contribution is 0.0207. The number of aliphatic hydroxyl groups excluding tert-OH is 1. The Bertz CT molecular complexity index is 411. The van der Waals surface area contributed by atoms with E-state index >= 15 is 0 Å². The second kappa shape index (κ2) is 5.66. The molecule has 1 aliphatic rings. The highest BCUT2D eigenvalue weighted by atomic mass is 16.3. The summed E-state index contributed by atoms with van der Waals surface area (Å²) >= 11 is 0. The summed E-state index contributed by atoms with van der Waals surface area (Å²) in [5.41, 5.74) is 0.320. The van der Waals surface area contributed by atoms with Crippen molar-refractivity contribution in [1.82, 2.24) is 9.55 Å². The third kappa shape index (κ3) is 2.86. The molecule has 1 fully saturated rings. The van der Waals surface area contributed by atoms with E-state index in [4.69, 9.17) is 0 Å². The van der Waals surface area contributed by atoms with Crippen molar-refractivity contribution in [3.63, 3.8) is 0 Å². The Morgan fingerprint density at radius 2 is 2.11 bits per heavy atom. The minimum Gasteiger partial charge on any atom is -0.393 e. The zero-order valence-corrected chi connectivity index (χ0v) is 12.8. The first-order chi connectivity index (χ1) is 8.99. The lowest BCUT2D eigenvalue weighted by Gasteiger charge is -2.44. The molecule has 1 saturated carbocycles. The van der Waals surface area contributed by atoms with Gasteiger partial charge in [-0.25, -0.2) is 4.98 Å². The molecule has 0 spiro atoms. The molecule has 1 N–H and O–H groups in total. The van der Waals surface area contributed by atoms with Crippen LogP contribution in [0.1, 0.15) is 65.2 Å². The minimum atomic E-state index is -0.152. The first kappa shape index (κ1) is 14.6. The number of rotatable bonds is 4. The highest BCUT2D eigenvalue weighted by Crippen LogP contribution is 2.46. The number of imidazole rings is 1. The normalized spacial score (nSPS) is 28.6. The van der Waals surface area contributed by atoms with Crippen LogP contribution < -0.4 is 0 Å². The van der Waals surface area contributed by atoms with E-state index in [2.05, 4.69) is 43.4 Å². The first-order valence-electron chi connectivity index (χ1n) is 7.69. The summed E-state index contributed by atoms with van der Waals surface area (Å²) in [5, 5.41) is 10.1. The second-order valence-electron chi connectivity index (χ2n) is 6.59. The van der Waals surface area contributed by atoms with Gasteiger partial charge in [0.1, 0.15) is 5.82 Å². The Hall–Kier alpha value is -0.830. The second-order valence-corrected chi connectivity index (χ2v) is 6.59. The monoisotopic (exact) mass is 264 g/mol. The van der Waals surface area contributed by atoms with E-state index in [0.29, 0.717) is 17.4 Å². The molecule has 0 bridgehead atoms. The van der Waals surface area contributed by atoms with Gasteiger partial charge in [-0.05, 0) is 30.6 Å². The Kier molecular flexibility index (Phi) is 4.34. The zero-order chi connectivity index (χ0) is 14.0. The molecule has 0 amide bonds. The van der Waals surface area contributed by atoms with Crippen molar-refractivity contribution < 1.29 is 5.11 Å². The van der Waals surface area contributed by atoms with Gasteiger partial charge in [-0.1, -0.05) is 34.1 Å². The van der Waals surface area contributed by atoms with E-state index in [1.807, 2.05) is 6.20 Å². The van der Waals surface area contributed by atoms with Crippen molar-refractivity contribution in [2.24, 2.45) is 11.3 Å². The number of aliphatic hydroxyl groups is 1. The topological polar surface area (TPSA) is 38.0 Å². The Morgan fingerprint density at radius 1 is 1.37 bits per heavy atom. The van der Waals surface area contributed by atoms with Crippen LogP contribution in [0.15, 0.2) is 12.4 Å². The van der Waals surface area contributed by atoms with Crippen molar-refractivity contribution >= 4 is 0 Å². The summed E-state index contributed by atoms with van der Waals surface area (Å²) in [5.74, 6) is 1.77. The quantitative estimate of drug-likeness (QED) is 0.902. The van der Waals surface area contributed by atoms with Crippen LogP contribution in [0.2, 0.25) is 0 Å². The van der Waals surface area contributed by atoms with Gasteiger partial charge >= 0.3 is 0 Å². The summed E-state index contributed by atoms with van der Waals surface area (Å²) in [6.07, 6.45) is 8.92. The predicted molar refractivity (Wildman–Crippen MR) is 78.1 cm³/mol. The highest BCUT2D eigenvalue weighted by molar-refractivity contribution is 5.00. The zero-order valence-electron chi connectivity index (χ0n) is 12.8. The highest BCUT2D eigenvalue weighted by Gasteiger charge is 2.39. The largest absolute Gasteiger partial charge is 0.393 e. The third-order valence-corrected chi connectivity index (χ3v) is 5.13. The minimum absolute atomic E-state index is 0.152. The Balaban J connectivity index is 2.32. The average molecular weight is 264 g/mol. The lowest BCUT2D eigenvalue weighted by atomic mass is 9.66. The third-order valence-electron chi connectivity index (χ3n) is 5.13. The number of hydrogen-bond donors (Lipinski definition) is 1. The van der Waals surface area contributed by atoms with Gasteiger partial charge in [0.05, 0.1) is 6.10 Å². The number of hydrogen-bond acceptors (Lipinski definition) is 2. The van der Waals surface area contributed by atoms with Crippen molar-refractivity contribution in [3.05, 3.63) is 18.2 Å². The van der Waals surface area contributed by atoms with Gasteiger partial charge in [-0.3, -0.25) is 0 Å². The molecular formula is C16H28N2O. The van der Waals surface area contributed by atoms with E-state index in [-0.39, 0.29) is 6.10 Å². The maximum atomic E-state index is 10.1. The molecule has 1 aliphatic carbocycles. The van der Waals surface area contributed by atoms with Crippen LogP contribution in [0.25, 0.3) is 0 Å². The van der Waals surface area contributed by atoms with E-state index in [0.717, 1.165) is 31.5 Å². The molecule has 3 heteroatoms. The van der Waals surface area contributed by atoms with Crippen LogP contribution in [-0.4, -0.2) is 20.8 Å². The van der Waals surface area contributed by atoms with Gasteiger partial charge in [-0.15, -0.1) is 0 Å². The molecule has 0 radical (unpaired) electrons. The molecule has 1 heterocycles. The van der Waals surface area contributed by atoms with Gasteiger partial charge in [0.25, 0.3) is 0 Å². The van der Waals surface area contributed by atoms with E-state index in [1.54, 1.807) is 0 Å². The average Bonchev–Trinajstić information content (AvgIpc) is 2.86. The summed E-state index contributed by atoms with van der Waals surface area (Å²) < 4.78 is 2.32. The fraction of sp³-hybridized carbons (Fsp3) is 0.812. The molecule has 1 aromatic heterocycles. The molecule has 3 unspecified atom stereocenters. The summed E-state index contributed by atoms with van der Waals surface area (Å²) in [7, 11) is 0. The molecule has 0 saturated heterocycles. The van der Waals surface area contributed by atoms with Crippen molar-refractivity contribution in [2.75, 3.05) is 0 Å². The Labute approximate surface area is 117 Å². The number of aryl methyl sites for hydroxylation is 1. The lowest BCUT2D eigenvalue weighted by Crippen LogP contribution is -2.38. The molecule has 3 nitrogen and oxygen atoms in total. The van der Waals surface area contributed by atoms with Gasteiger partial charge in [0.15, 0.2) is 0 Å². The van der Waals surface area contributed by atoms with Crippen molar-refractivity contribution in [1.29, 1.82) is 0 Å². The molecular weight excluding hydrogens is 236 g/mol. The maximum Gasteiger partial charge on any atom is 0.108 e. The SMILES string of the molecule is CCc1nccn1C1CC(O)CCC1C(C)(C)CC. The van der Waals surface area contributed by atoms with Crippen LogP contribution in [-0.2, 0) is 6.42 Å². The van der Waals surface area contributed by atoms with Crippen LogP contribution in [0.4, 0.5) is 0 Å². The molecule has 0 aliphatic heterocycles. The van der Waals surface area contributed by atoms with Crippen molar-refractivity contribution in [3.8, 4) is 0 Å². The first-order valence-corrected chi connectivity index (χ1v) is 7.69. The van der Waals surface area contributed by atoms with E-state index in [1.165, 1.54) is 6.42 Å². The predicted octanol–water partition coefficient (Wildman–Crippen LogP) is 3.58. The molecule has 3 atom stereocenters.